The van der Waals surface area contributed by atoms with Crippen LogP contribution in [0.15, 0.2) is 54.6 Å². The number of imide groups is 1. The Bertz CT molecular complexity index is 1190. The summed E-state index contributed by atoms with van der Waals surface area (Å²) in [5.41, 5.74) is 1.43. The topological polar surface area (TPSA) is 49.6 Å². The molecular formula is C29H34N2O3Si. The minimum absolute atomic E-state index is 0.00964. The summed E-state index contributed by atoms with van der Waals surface area (Å²) >= 11 is 0. The smallest absolute Gasteiger partial charge is 0.276 e. The maximum Gasteiger partial charge on any atom is 0.276 e. The summed E-state index contributed by atoms with van der Waals surface area (Å²) in [5, 5.41) is 3.44. The lowest BCUT2D eigenvalue weighted by Gasteiger charge is -2.41. The third kappa shape index (κ3) is 3.87. The highest BCUT2D eigenvalue weighted by Gasteiger charge is 2.72. The SMILES string of the molecule is CC(C)(C)[Si](C)(C)OC(C#Cc1ccccc1)[C@@]12CCCC[C@@H]1N2N1C(=O)c2ccccc2C1=O. The number of rotatable bonds is 4. The van der Waals surface area contributed by atoms with E-state index in [9.17, 15) is 9.59 Å². The molecule has 0 aromatic heterocycles. The first kappa shape index (κ1) is 24.0. The molecule has 5 rings (SSSR count). The second-order valence-corrected chi connectivity index (χ2v) is 16.2. The third-order valence-corrected chi connectivity index (χ3v) is 12.8. The van der Waals surface area contributed by atoms with Crippen molar-refractivity contribution < 1.29 is 14.0 Å². The van der Waals surface area contributed by atoms with Gasteiger partial charge in [0.05, 0.1) is 22.7 Å². The molecule has 5 nitrogen and oxygen atoms in total. The summed E-state index contributed by atoms with van der Waals surface area (Å²) in [5.74, 6) is 6.37. The molecule has 2 aliphatic heterocycles. The number of benzene rings is 2. The van der Waals surface area contributed by atoms with Crippen molar-refractivity contribution in [2.24, 2.45) is 0 Å². The first-order chi connectivity index (χ1) is 16.6. The van der Waals surface area contributed by atoms with Crippen LogP contribution in [0.5, 0.6) is 0 Å². The zero-order chi connectivity index (χ0) is 25.0. The zero-order valence-electron chi connectivity index (χ0n) is 21.3. The van der Waals surface area contributed by atoms with Crippen molar-refractivity contribution in [2.45, 2.75) is 82.3 Å². The van der Waals surface area contributed by atoms with Crippen LogP contribution >= 0.6 is 0 Å². The second kappa shape index (κ2) is 8.44. The van der Waals surface area contributed by atoms with Gasteiger partial charge in [-0.15, -0.1) is 0 Å². The second-order valence-electron chi connectivity index (χ2n) is 11.5. The molecule has 182 valence electrons. The van der Waals surface area contributed by atoms with Crippen LogP contribution < -0.4 is 0 Å². The summed E-state index contributed by atoms with van der Waals surface area (Å²) in [7, 11) is -2.19. The van der Waals surface area contributed by atoms with Gasteiger partial charge in [-0.2, -0.15) is 5.01 Å². The quantitative estimate of drug-likeness (QED) is 0.243. The van der Waals surface area contributed by atoms with Gasteiger partial charge in [0.25, 0.3) is 11.8 Å². The standard InChI is InChI=1S/C29H34N2O3Si/c1-28(2,3)35(4,5)34-25(19-18-21-13-7-6-8-14-21)29-20-12-11-17-24(29)31(29)30-26(32)22-15-9-10-16-23(22)27(30)33/h6-10,13-16,24-25H,11-12,17,20H2,1-5H3/t24-,25?,29+,31?/m0/s1. The van der Waals surface area contributed by atoms with Gasteiger partial charge in [0.1, 0.15) is 6.10 Å². The van der Waals surface area contributed by atoms with Gasteiger partial charge in [0.15, 0.2) is 8.32 Å². The molecule has 2 unspecified atom stereocenters. The fraction of sp³-hybridized carbons (Fsp3) is 0.448. The number of hydrogen-bond donors (Lipinski definition) is 0. The Kier molecular flexibility index (Phi) is 5.79. The molecule has 6 heteroatoms. The third-order valence-electron chi connectivity index (χ3n) is 8.32. The van der Waals surface area contributed by atoms with E-state index in [0.29, 0.717) is 11.1 Å². The van der Waals surface area contributed by atoms with Crippen LogP contribution in [-0.2, 0) is 4.43 Å². The Morgan fingerprint density at radius 1 is 0.971 bits per heavy atom. The fourth-order valence-electron chi connectivity index (χ4n) is 5.31. The maximum atomic E-state index is 13.4. The highest BCUT2D eigenvalue weighted by Crippen LogP contribution is 2.57. The first-order valence-corrected chi connectivity index (χ1v) is 15.5. The molecule has 2 fully saturated rings. The van der Waals surface area contributed by atoms with E-state index in [1.54, 1.807) is 12.1 Å². The summed E-state index contributed by atoms with van der Waals surface area (Å²) in [6.07, 6.45) is 3.50. The maximum absolute atomic E-state index is 13.4. The molecule has 2 aromatic carbocycles. The van der Waals surface area contributed by atoms with Crippen LogP contribution in [0.1, 0.15) is 72.7 Å². The van der Waals surface area contributed by atoms with E-state index in [1.807, 2.05) is 47.5 Å². The van der Waals surface area contributed by atoms with Crippen molar-refractivity contribution in [3.8, 4) is 11.8 Å². The van der Waals surface area contributed by atoms with Crippen LogP contribution in [0, 0.1) is 11.8 Å². The van der Waals surface area contributed by atoms with E-state index in [1.165, 1.54) is 5.01 Å². The molecule has 0 radical (unpaired) electrons. The minimum Gasteiger partial charge on any atom is -0.401 e. The Labute approximate surface area is 209 Å². The molecule has 3 aliphatic rings. The zero-order valence-corrected chi connectivity index (χ0v) is 22.3. The number of carbonyl (C=O) groups is 2. The summed E-state index contributed by atoms with van der Waals surface area (Å²) in [6.45, 7) is 11.2. The summed E-state index contributed by atoms with van der Waals surface area (Å²) in [6, 6.07) is 17.1. The van der Waals surface area contributed by atoms with Crippen LogP contribution in [0.4, 0.5) is 0 Å². The molecular weight excluding hydrogens is 452 g/mol. The molecule has 2 amide bonds. The minimum atomic E-state index is -2.19. The number of amides is 2. The van der Waals surface area contributed by atoms with Crippen molar-refractivity contribution in [1.82, 2.24) is 10.0 Å². The highest BCUT2D eigenvalue weighted by atomic mass is 28.4. The largest absolute Gasteiger partial charge is 0.401 e. The molecule has 35 heavy (non-hydrogen) atoms. The van der Waals surface area contributed by atoms with E-state index >= 15 is 0 Å². The number of nitrogens with zero attached hydrogens (tertiary/aromatic N) is 2. The Morgan fingerprint density at radius 3 is 2.17 bits per heavy atom. The van der Waals surface area contributed by atoms with Crippen LogP contribution in [0.3, 0.4) is 0 Å². The number of fused-ring (bicyclic) bond motifs is 2. The van der Waals surface area contributed by atoms with E-state index in [-0.39, 0.29) is 22.9 Å². The lowest BCUT2D eigenvalue weighted by atomic mass is 9.85. The fourth-order valence-corrected chi connectivity index (χ4v) is 6.52. The summed E-state index contributed by atoms with van der Waals surface area (Å²) < 4.78 is 7.02. The van der Waals surface area contributed by atoms with Gasteiger partial charge in [-0.05, 0) is 55.2 Å². The number of hydrogen-bond acceptors (Lipinski definition) is 4. The van der Waals surface area contributed by atoms with Gasteiger partial charge in [-0.3, -0.25) is 9.59 Å². The van der Waals surface area contributed by atoms with Gasteiger partial charge in [-0.25, -0.2) is 5.01 Å². The molecule has 0 spiro atoms. The van der Waals surface area contributed by atoms with Crippen molar-refractivity contribution in [3.05, 3.63) is 71.3 Å². The Morgan fingerprint density at radius 2 is 1.57 bits per heavy atom. The number of carbonyl (C=O) groups excluding carboxylic acids is 2. The summed E-state index contributed by atoms with van der Waals surface area (Å²) in [4.78, 5) is 26.8. The van der Waals surface area contributed by atoms with Crippen molar-refractivity contribution in [3.63, 3.8) is 0 Å². The predicted molar refractivity (Wildman–Crippen MR) is 139 cm³/mol. The predicted octanol–water partition coefficient (Wildman–Crippen LogP) is 5.64. The molecule has 1 saturated heterocycles. The van der Waals surface area contributed by atoms with Gasteiger partial charge in [-0.1, -0.05) is 75.8 Å². The van der Waals surface area contributed by atoms with E-state index in [2.05, 4.69) is 45.7 Å². The van der Waals surface area contributed by atoms with Crippen LogP contribution in [0.25, 0.3) is 0 Å². The highest BCUT2D eigenvalue weighted by molar-refractivity contribution is 6.74. The normalized spacial score (nSPS) is 26.5. The average Bonchev–Trinajstić information content (AvgIpc) is 3.44. The molecule has 1 saturated carbocycles. The monoisotopic (exact) mass is 486 g/mol. The Balaban J connectivity index is 1.56. The van der Waals surface area contributed by atoms with Crippen LogP contribution in [0.2, 0.25) is 18.1 Å². The first-order valence-electron chi connectivity index (χ1n) is 12.6. The average molecular weight is 487 g/mol. The van der Waals surface area contributed by atoms with E-state index in [0.717, 1.165) is 31.2 Å². The lowest BCUT2D eigenvalue weighted by molar-refractivity contribution is 0.0204. The molecule has 2 heterocycles. The molecule has 4 atom stereocenters. The van der Waals surface area contributed by atoms with E-state index < -0.39 is 20.0 Å². The molecule has 0 bridgehead atoms. The number of hydrazine groups is 1. The molecule has 0 N–H and O–H groups in total. The van der Waals surface area contributed by atoms with Gasteiger partial charge < -0.3 is 4.43 Å². The molecule has 1 aliphatic carbocycles. The van der Waals surface area contributed by atoms with Gasteiger partial charge >= 0.3 is 0 Å². The van der Waals surface area contributed by atoms with E-state index in [4.69, 9.17) is 4.43 Å². The van der Waals surface area contributed by atoms with Crippen molar-refractivity contribution >= 4 is 20.1 Å². The van der Waals surface area contributed by atoms with Crippen molar-refractivity contribution in [2.75, 3.05) is 0 Å². The molecule has 2 aromatic rings. The van der Waals surface area contributed by atoms with Gasteiger partial charge in [0.2, 0.25) is 0 Å². The van der Waals surface area contributed by atoms with Crippen LogP contribution in [-0.4, -0.2) is 47.8 Å². The van der Waals surface area contributed by atoms with Crippen molar-refractivity contribution in [1.29, 1.82) is 0 Å². The Hall–Kier alpha value is -2.72. The lowest BCUT2D eigenvalue weighted by Crippen LogP contribution is -2.51. The van der Waals surface area contributed by atoms with Gasteiger partial charge in [0, 0.05) is 5.56 Å².